The lowest BCUT2D eigenvalue weighted by atomic mass is 10.1. The summed E-state index contributed by atoms with van der Waals surface area (Å²) in [4.78, 5) is 23.2. The lowest BCUT2D eigenvalue weighted by Gasteiger charge is -2.13. The number of alkyl halides is 3. The van der Waals surface area contributed by atoms with Gasteiger partial charge in [-0.05, 0) is 42.8 Å². The van der Waals surface area contributed by atoms with Crippen molar-refractivity contribution >= 4 is 17.6 Å². The molecule has 0 saturated carbocycles. The minimum absolute atomic E-state index is 0.0199. The van der Waals surface area contributed by atoms with Crippen LogP contribution in [-0.2, 0) is 6.18 Å². The summed E-state index contributed by atoms with van der Waals surface area (Å²) < 4.78 is 51.7. The number of rotatable bonds is 3. The van der Waals surface area contributed by atoms with Crippen molar-refractivity contribution in [3.05, 3.63) is 64.5 Å². The third-order valence-corrected chi connectivity index (χ3v) is 3.26. The van der Waals surface area contributed by atoms with Crippen LogP contribution in [0.2, 0.25) is 0 Å². The second-order valence-electron chi connectivity index (χ2n) is 4.98. The number of hydrogen-bond donors (Lipinski definition) is 2. The molecule has 0 aliphatic heterocycles. The molecule has 0 spiro atoms. The molecule has 1 amide bonds. The molecule has 8 heteroatoms. The number of hydrogen-bond acceptors (Lipinski definition) is 2. The Bertz CT molecular complexity index is 815. The molecule has 0 radical (unpaired) electrons. The van der Waals surface area contributed by atoms with Crippen molar-refractivity contribution in [1.29, 1.82) is 0 Å². The summed E-state index contributed by atoms with van der Waals surface area (Å²) in [5, 5.41) is 11.2. The van der Waals surface area contributed by atoms with Gasteiger partial charge >= 0.3 is 12.1 Å². The zero-order chi connectivity index (χ0) is 18.1. The van der Waals surface area contributed by atoms with Gasteiger partial charge in [-0.25, -0.2) is 9.18 Å². The van der Waals surface area contributed by atoms with Crippen molar-refractivity contribution < 1.29 is 32.3 Å². The first-order chi connectivity index (χ1) is 11.1. The van der Waals surface area contributed by atoms with Crippen molar-refractivity contribution in [2.75, 3.05) is 5.32 Å². The van der Waals surface area contributed by atoms with Crippen LogP contribution < -0.4 is 5.32 Å². The fourth-order valence-electron chi connectivity index (χ4n) is 2.10. The minimum Gasteiger partial charge on any atom is -0.478 e. The Morgan fingerprint density at radius 2 is 1.71 bits per heavy atom. The van der Waals surface area contributed by atoms with E-state index in [2.05, 4.69) is 5.32 Å². The molecule has 0 bridgehead atoms. The van der Waals surface area contributed by atoms with Gasteiger partial charge in [-0.15, -0.1) is 0 Å². The monoisotopic (exact) mass is 341 g/mol. The van der Waals surface area contributed by atoms with Crippen LogP contribution in [0.5, 0.6) is 0 Å². The highest BCUT2D eigenvalue weighted by atomic mass is 19.4. The Morgan fingerprint density at radius 3 is 2.29 bits per heavy atom. The molecular formula is C16H11F4NO3. The summed E-state index contributed by atoms with van der Waals surface area (Å²) >= 11 is 0. The third-order valence-electron chi connectivity index (χ3n) is 3.26. The standard InChI is InChI=1S/C16H11F4NO3/c1-8-2-4-10(7-13(8)16(18,19)20)21-14(22)11-5-3-9(17)6-12(11)15(23)24/h2-7H,1H3,(H,21,22)(H,23,24). The molecule has 2 aromatic carbocycles. The molecule has 0 aliphatic carbocycles. The fourth-order valence-corrected chi connectivity index (χ4v) is 2.10. The normalized spacial score (nSPS) is 11.2. The van der Waals surface area contributed by atoms with E-state index in [1.165, 1.54) is 19.1 Å². The van der Waals surface area contributed by atoms with E-state index in [1.54, 1.807) is 0 Å². The van der Waals surface area contributed by atoms with E-state index in [1.807, 2.05) is 0 Å². The maximum Gasteiger partial charge on any atom is 0.416 e. The number of carbonyl (C=O) groups is 2. The zero-order valence-corrected chi connectivity index (χ0v) is 12.2. The Morgan fingerprint density at radius 1 is 1.04 bits per heavy atom. The smallest absolute Gasteiger partial charge is 0.416 e. The van der Waals surface area contributed by atoms with E-state index in [0.717, 1.165) is 18.2 Å². The van der Waals surface area contributed by atoms with Crippen LogP contribution in [0.25, 0.3) is 0 Å². The van der Waals surface area contributed by atoms with Crippen LogP contribution in [0.3, 0.4) is 0 Å². The maximum absolute atomic E-state index is 13.1. The van der Waals surface area contributed by atoms with Gasteiger partial charge in [0.05, 0.1) is 16.7 Å². The number of anilines is 1. The van der Waals surface area contributed by atoms with Crippen LogP contribution in [-0.4, -0.2) is 17.0 Å². The van der Waals surface area contributed by atoms with Gasteiger partial charge < -0.3 is 10.4 Å². The van der Waals surface area contributed by atoms with Crippen LogP contribution >= 0.6 is 0 Å². The second kappa shape index (κ2) is 6.31. The van der Waals surface area contributed by atoms with E-state index < -0.39 is 35.0 Å². The molecule has 126 valence electrons. The van der Waals surface area contributed by atoms with Crippen LogP contribution in [0, 0.1) is 12.7 Å². The van der Waals surface area contributed by atoms with Crippen LogP contribution in [0.15, 0.2) is 36.4 Å². The molecule has 2 rings (SSSR count). The summed E-state index contributed by atoms with van der Waals surface area (Å²) in [6.07, 6.45) is -4.59. The number of aryl methyl sites for hydroxylation is 1. The molecule has 2 N–H and O–H groups in total. The average molecular weight is 341 g/mol. The van der Waals surface area contributed by atoms with Crippen molar-refractivity contribution in [2.24, 2.45) is 0 Å². The van der Waals surface area contributed by atoms with Gasteiger partial charge in [0.2, 0.25) is 0 Å². The van der Waals surface area contributed by atoms with Crippen molar-refractivity contribution in [3.63, 3.8) is 0 Å². The van der Waals surface area contributed by atoms with Crippen LogP contribution in [0.1, 0.15) is 31.8 Å². The number of halogens is 4. The molecule has 4 nitrogen and oxygen atoms in total. The Hall–Kier alpha value is -2.90. The number of carboxylic acid groups (broad SMARTS) is 1. The number of benzene rings is 2. The van der Waals surface area contributed by atoms with Crippen molar-refractivity contribution in [1.82, 2.24) is 0 Å². The molecule has 0 fully saturated rings. The zero-order valence-electron chi connectivity index (χ0n) is 12.2. The predicted octanol–water partition coefficient (Wildman–Crippen LogP) is 4.10. The van der Waals surface area contributed by atoms with Crippen molar-refractivity contribution in [3.8, 4) is 0 Å². The predicted molar refractivity (Wildman–Crippen MR) is 77.5 cm³/mol. The first-order valence-electron chi connectivity index (χ1n) is 6.61. The number of nitrogens with one attached hydrogen (secondary N) is 1. The molecule has 0 saturated heterocycles. The Labute approximate surface area is 133 Å². The minimum atomic E-state index is -4.59. The van der Waals surface area contributed by atoms with Crippen LogP contribution in [0.4, 0.5) is 23.2 Å². The van der Waals surface area contributed by atoms with Gasteiger partial charge in [-0.3, -0.25) is 4.79 Å². The number of carbonyl (C=O) groups excluding carboxylic acids is 1. The van der Waals surface area contributed by atoms with Gasteiger partial charge in [0.25, 0.3) is 5.91 Å². The summed E-state index contributed by atoms with van der Waals surface area (Å²) in [7, 11) is 0. The van der Waals surface area contributed by atoms with Gasteiger partial charge in [-0.2, -0.15) is 13.2 Å². The summed E-state index contributed by atoms with van der Waals surface area (Å²) in [6.45, 7) is 1.27. The molecule has 0 aliphatic rings. The van der Waals surface area contributed by atoms with E-state index in [0.29, 0.717) is 6.07 Å². The summed E-state index contributed by atoms with van der Waals surface area (Å²) in [5.74, 6) is -3.33. The van der Waals surface area contributed by atoms with Gasteiger partial charge in [-0.1, -0.05) is 6.07 Å². The van der Waals surface area contributed by atoms with E-state index in [-0.39, 0.29) is 16.8 Å². The molecular weight excluding hydrogens is 330 g/mol. The first kappa shape index (κ1) is 17.5. The number of carboxylic acids is 1. The molecule has 0 heterocycles. The molecule has 2 aromatic rings. The summed E-state index contributed by atoms with van der Waals surface area (Å²) in [6, 6.07) is 5.68. The maximum atomic E-state index is 13.1. The first-order valence-corrected chi connectivity index (χ1v) is 6.61. The number of aromatic carboxylic acids is 1. The van der Waals surface area contributed by atoms with E-state index in [9.17, 15) is 27.2 Å². The van der Waals surface area contributed by atoms with Gasteiger partial charge in [0.15, 0.2) is 0 Å². The molecule has 0 aromatic heterocycles. The van der Waals surface area contributed by atoms with Gasteiger partial charge in [0.1, 0.15) is 5.82 Å². The van der Waals surface area contributed by atoms with Gasteiger partial charge in [0, 0.05) is 5.69 Å². The number of amides is 1. The highest BCUT2D eigenvalue weighted by Crippen LogP contribution is 2.33. The Balaban J connectivity index is 2.36. The lowest BCUT2D eigenvalue weighted by Crippen LogP contribution is -2.17. The SMILES string of the molecule is Cc1ccc(NC(=O)c2ccc(F)cc2C(=O)O)cc1C(F)(F)F. The quantitative estimate of drug-likeness (QED) is 0.826. The third kappa shape index (κ3) is 3.70. The second-order valence-corrected chi connectivity index (χ2v) is 4.98. The molecule has 24 heavy (non-hydrogen) atoms. The fraction of sp³-hybridized carbons (Fsp3) is 0.125. The average Bonchev–Trinajstić information content (AvgIpc) is 2.47. The van der Waals surface area contributed by atoms with Crippen molar-refractivity contribution in [2.45, 2.75) is 13.1 Å². The topological polar surface area (TPSA) is 66.4 Å². The lowest BCUT2D eigenvalue weighted by molar-refractivity contribution is -0.138. The molecule has 0 unspecified atom stereocenters. The molecule has 0 atom stereocenters. The Kier molecular flexibility index (Phi) is 4.59. The van der Waals surface area contributed by atoms with E-state index >= 15 is 0 Å². The highest BCUT2D eigenvalue weighted by Gasteiger charge is 2.32. The largest absolute Gasteiger partial charge is 0.478 e. The van der Waals surface area contributed by atoms with E-state index in [4.69, 9.17) is 5.11 Å². The highest BCUT2D eigenvalue weighted by molar-refractivity contribution is 6.10. The summed E-state index contributed by atoms with van der Waals surface area (Å²) in [5.41, 5.74) is -2.04.